The molecule has 0 N–H and O–H groups in total. The van der Waals surface area contributed by atoms with Crippen molar-refractivity contribution in [1.82, 2.24) is 14.9 Å². The maximum Gasteiger partial charge on any atom is 0.410 e. The van der Waals surface area contributed by atoms with E-state index in [0.717, 1.165) is 18.2 Å². The van der Waals surface area contributed by atoms with E-state index in [2.05, 4.69) is 34.5 Å². The molecule has 1 atom stereocenters. The number of aromatic nitrogens is 2. The average molecular weight is 584 g/mol. The van der Waals surface area contributed by atoms with Crippen molar-refractivity contribution in [2.75, 3.05) is 42.7 Å². The third-order valence-electron chi connectivity index (χ3n) is 6.21. The highest BCUT2D eigenvalue weighted by molar-refractivity contribution is 7.92. The molecule has 0 radical (unpaired) electrons. The molecule has 38 heavy (non-hydrogen) atoms. The van der Waals surface area contributed by atoms with Gasteiger partial charge in [0.05, 0.1) is 16.9 Å². The first-order chi connectivity index (χ1) is 17.6. The van der Waals surface area contributed by atoms with Crippen molar-refractivity contribution in [2.24, 2.45) is 0 Å². The Balaban J connectivity index is 1.74. The third kappa shape index (κ3) is 7.90. The van der Waals surface area contributed by atoms with E-state index in [-0.39, 0.29) is 23.9 Å². The van der Waals surface area contributed by atoms with Gasteiger partial charge < -0.3 is 19.3 Å². The zero-order chi connectivity index (χ0) is 28.3. The van der Waals surface area contributed by atoms with Crippen LogP contribution in [0.5, 0.6) is 0 Å². The number of rotatable bonds is 10. The largest absolute Gasteiger partial charge is 0.444 e. The lowest BCUT2D eigenvalue weighted by molar-refractivity contribution is 0.0292. The maximum absolute atomic E-state index is 13.6. The van der Waals surface area contributed by atoms with Gasteiger partial charge in [0.2, 0.25) is 0 Å². The number of hydrogen-bond donors (Lipinski definition) is 0. The van der Waals surface area contributed by atoms with E-state index in [1.807, 2.05) is 27.8 Å². The first kappa shape index (κ1) is 30.3. The minimum atomic E-state index is -4.00. The smallest absolute Gasteiger partial charge is 0.410 e. The van der Waals surface area contributed by atoms with Crippen LogP contribution in [-0.4, -0.2) is 82.6 Å². The number of anilines is 2. The van der Waals surface area contributed by atoms with Crippen LogP contribution in [0.4, 0.5) is 16.3 Å². The summed E-state index contributed by atoms with van der Waals surface area (Å²) in [5.74, 6) is 0.317. The van der Waals surface area contributed by atoms with Gasteiger partial charge in [0.1, 0.15) is 12.3 Å². The minimum absolute atomic E-state index is 0.0595. The van der Waals surface area contributed by atoms with Crippen molar-refractivity contribution in [3.63, 3.8) is 0 Å². The molecule has 1 aliphatic rings. The van der Waals surface area contributed by atoms with E-state index >= 15 is 0 Å². The molecule has 0 spiro atoms. The Bertz CT molecular complexity index is 1200. The lowest BCUT2D eigenvalue weighted by Crippen LogP contribution is -2.39. The summed E-state index contributed by atoms with van der Waals surface area (Å²) in [4.78, 5) is 25.0. The van der Waals surface area contributed by atoms with Crippen LogP contribution >= 0.6 is 11.3 Å². The van der Waals surface area contributed by atoms with Crippen LogP contribution in [0.1, 0.15) is 32.9 Å². The third-order valence-corrected chi connectivity index (χ3v) is 10.1. The fourth-order valence-corrected chi connectivity index (χ4v) is 6.66. The summed E-state index contributed by atoms with van der Waals surface area (Å²) in [6.07, 6.45) is 0.459. The molecular weight excluding hydrogens is 543 g/mol. The molecule has 2 aromatic heterocycles. The van der Waals surface area contributed by atoms with Crippen LogP contribution in [0.15, 0.2) is 28.0 Å². The van der Waals surface area contributed by atoms with Gasteiger partial charge >= 0.3 is 6.09 Å². The summed E-state index contributed by atoms with van der Waals surface area (Å²) in [5, 5.41) is 1.63. The summed E-state index contributed by atoms with van der Waals surface area (Å²) < 4.78 is 39.7. The van der Waals surface area contributed by atoms with E-state index in [9.17, 15) is 13.2 Å². The van der Waals surface area contributed by atoms with E-state index in [4.69, 9.17) is 9.47 Å². The first-order valence-electron chi connectivity index (χ1n) is 12.8. The molecular formula is C25H41N5O5S2Si. The SMILES string of the molecule is Cc1nc(S(=O)(=O)N(COCC[Si](C)(C)C)c2cscn2)ccc1N(C)C1CCN(C(=O)OC(C)(C)C)C1. The first-order valence-corrected chi connectivity index (χ1v) is 18.8. The number of aryl methyl sites for hydroxylation is 1. The number of likely N-dealkylation sites (tertiary alicyclic amines) is 1. The van der Waals surface area contributed by atoms with Gasteiger partial charge in [-0.25, -0.2) is 19.1 Å². The molecule has 3 heterocycles. The molecule has 0 aromatic carbocycles. The van der Waals surface area contributed by atoms with E-state index in [0.29, 0.717) is 31.2 Å². The Hall–Kier alpha value is -2.22. The number of pyridine rings is 1. The molecule has 1 fully saturated rings. The van der Waals surface area contributed by atoms with Crippen LogP contribution in [0.25, 0.3) is 0 Å². The van der Waals surface area contributed by atoms with Gasteiger partial charge in [-0.2, -0.15) is 8.42 Å². The van der Waals surface area contributed by atoms with Crippen LogP contribution < -0.4 is 9.21 Å². The van der Waals surface area contributed by atoms with Crippen molar-refractivity contribution in [3.8, 4) is 0 Å². The number of carbonyl (C=O) groups is 1. The quantitative estimate of drug-likeness (QED) is 0.223. The lowest BCUT2D eigenvalue weighted by atomic mass is 10.2. The number of nitrogens with zero attached hydrogens (tertiary/aromatic N) is 5. The highest BCUT2D eigenvalue weighted by Gasteiger charge is 2.33. The van der Waals surface area contributed by atoms with Crippen molar-refractivity contribution >= 4 is 47.0 Å². The second-order valence-corrected chi connectivity index (χ2v) is 19.9. The van der Waals surface area contributed by atoms with Crippen molar-refractivity contribution in [2.45, 2.75) is 76.5 Å². The van der Waals surface area contributed by atoms with Gasteiger partial charge in [-0.3, -0.25) is 0 Å². The fourth-order valence-electron chi connectivity index (χ4n) is 4.02. The Morgan fingerprint density at radius 3 is 2.55 bits per heavy atom. The topological polar surface area (TPSA) is 105 Å². The number of likely N-dealkylation sites (N-methyl/N-ethyl adjacent to an activating group) is 1. The number of amides is 1. The Labute approximate surface area is 232 Å². The maximum atomic E-state index is 13.6. The van der Waals surface area contributed by atoms with Crippen molar-refractivity contribution in [1.29, 1.82) is 0 Å². The summed E-state index contributed by atoms with van der Waals surface area (Å²) in [7, 11) is -3.37. The fraction of sp³-hybridized carbons (Fsp3) is 0.640. The molecule has 1 aliphatic heterocycles. The van der Waals surface area contributed by atoms with Crippen LogP contribution in [0, 0.1) is 6.92 Å². The van der Waals surface area contributed by atoms with Gasteiger partial charge in [0.15, 0.2) is 10.8 Å². The molecule has 1 unspecified atom stereocenters. The summed E-state index contributed by atoms with van der Waals surface area (Å²) >= 11 is 1.32. The van der Waals surface area contributed by atoms with Crippen molar-refractivity contribution in [3.05, 3.63) is 28.7 Å². The predicted molar refractivity (Wildman–Crippen MR) is 154 cm³/mol. The van der Waals surface area contributed by atoms with E-state index in [1.165, 1.54) is 21.7 Å². The number of sulfonamides is 1. The molecule has 212 valence electrons. The molecule has 0 bridgehead atoms. The standard InChI is InChI=1S/C25H41N5O5S2Si/c1-19-21(28(5)20-11-12-29(15-20)24(31)35-25(2,3)4)9-10-23(27-19)37(32,33)30(22-16-36-17-26-22)18-34-13-14-38(6,7)8/h9-10,16-17,20H,11-15,18H2,1-8H3. The average Bonchev–Trinajstić information content (AvgIpc) is 3.49. The van der Waals surface area contributed by atoms with Crippen LogP contribution in [0.2, 0.25) is 25.7 Å². The minimum Gasteiger partial charge on any atom is -0.444 e. The van der Waals surface area contributed by atoms with Crippen molar-refractivity contribution < 1.29 is 22.7 Å². The second kappa shape index (κ2) is 11.9. The molecule has 1 amide bonds. The summed E-state index contributed by atoms with van der Waals surface area (Å²) in [6, 6.07) is 4.30. The lowest BCUT2D eigenvalue weighted by Gasteiger charge is -2.29. The number of hydrogen-bond acceptors (Lipinski definition) is 9. The van der Waals surface area contributed by atoms with E-state index < -0.39 is 23.7 Å². The monoisotopic (exact) mass is 583 g/mol. The van der Waals surface area contributed by atoms with Crippen LogP contribution in [-0.2, 0) is 19.5 Å². The highest BCUT2D eigenvalue weighted by atomic mass is 32.2. The van der Waals surface area contributed by atoms with Gasteiger partial charge in [0.25, 0.3) is 10.0 Å². The second-order valence-electron chi connectivity index (χ2n) is 11.8. The zero-order valence-electron chi connectivity index (χ0n) is 23.7. The molecule has 1 saturated heterocycles. The van der Waals surface area contributed by atoms with Gasteiger partial charge in [-0.1, -0.05) is 19.6 Å². The molecule has 0 saturated carbocycles. The van der Waals surface area contributed by atoms with Gasteiger partial charge in [-0.15, -0.1) is 11.3 Å². The Morgan fingerprint density at radius 1 is 1.26 bits per heavy atom. The van der Waals surface area contributed by atoms with E-state index in [1.54, 1.807) is 28.8 Å². The number of ether oxygens (including phenoxy) is 2. The number of thiazole rings is 1. The molecule has 0 aliphatic carbocycles. The zero-order valence-corrected chi connectivity index (χ0v) is 26.4. The summed E-state index contributed by atoms with van der Waals surface area (Å²) in [5.41, 5.74) is 2.45. The molecule has 10 nitrogen and oxygen atoms in total. The number of carbonyl (C=O) groups excluding carboxylic acids is 1. The molecule has 13 heteroatoms. The van der Waals surface area contributed by atoms with Gasteiger partial charge in [-0.05, 0) is 52.3 Å². The van der Waals surface area contributed by atoms with Gasteiger partial charge in [0, 0.05) is 46.2 Å². The Kier molecular flexibility index (Phi) is 9.48. The predicted octanol–water partition coefficient (Wildman–Crippen LogP) is 4.80. The van der Waals surface area contributed by atoms with Crippen LogP contribution in [0.3, 0.4) is 0 Å². The Morgan fingerprint density at radius 2 is 1.97 bits per heavy atom. The normalized spacial score (nSPS) is 16.5. The molecule has 2 aromatic rings. The summed E-state index contributed by atoms with van der Waals surface area (Å²) in [6.45, 7) is 15.6. The molecule has 3 rings (SSSR count). The highest BCUT2D eigenvalue weighted by Crippen LogP contribution is 2.28.